The summed E-state index contributed by atoms with van der Waals surface area (Å²) in [6.07, 6.45) is 1.31. The molecule has 0 spiro atoms. The fraction of sp³-hybridized carbons (Fsp3) is 0.227. The van der Waals surface area contributed by atoms with Gasteiger partial charge < -0.3 is 5.32 Å². The van der Waals surface area contributed by atoms with Gasteiger partial charge in [0.15, 0.2) is 0 Å². The monoisotopic (exact) mass is 491 g/mol. The molecule has 1 saturated heterocycles. The number of sulfonamides is 1. The number of nitrogens with zero attached hydrogens (tertiary/aromatic N) is 2. The molecular formula is C22H22FN3O5S2. The van der Waals surface area contributed by atoms with Gasteiger partial charge in [0.2, 0.25) is 15.9 Å². The largest absolute Gasteiger partial charge is 0.353 e. The minimum Gasteiger partial charge on any atom is -0.353 e. The Morgan fingerprint density at radius 2 is 1.82 bits per heavy atom. The summed E-state index contributed by atoms with van der Waals surface area (Å²) < 4.78 is 39.9. The van der Waals surface area contributed by atoms with Crippen molar-refractivity contribution in [2.45, 2.75) is 11.8 Å². The van der Waals surface area contributed by atoms with Crippen LogP contribution in [0.15, 0.2) is 58.3 Å². The number of carbonyl (C=O) groups excluding carboxylic acids is 3. The van der Waals surface area contributed by atoms with Crippen molar-refractivity contribution >= 4 is 44.9 Å². The van der Waals surface area contributed by atoms with Crippen LogP contribution in [0.5, 0.6) is 0 Å². The lowest BCUT2D eigenvalue weighted by Crippen LogP contribution is -2.42. The highest BCUT2D eigenvalue weighted by Crippen LogP contribution is 2.32. The summed E-state index contributed by atoms with van der Waals surface area (Å²) in [5, 5.41) is 1.98. The normalized spacial score (nSPS) is 15.5. The van der Waals surface area contributed by atoms with Crippen LogP contribution >= 0.6 is 11.8 Å². The van der Waals surface area contributed by atoms with E-state index in [2.05, 4.69) is 5.32 Å². The average molecular weight is 492 g/mol. The number of imide groups is 1. The molecule has 0 saturated carbocycles. The lowest BCUT2D eigenvalue weighted by Gasteiger charge is -2.18. The maximum Gasteiger partial charge on any atom is 0.293 e. The molecule has 0 aromatic heterocycles. The van der Waals surface area contributed by atoms with Crippen LogP contribution in [0.1, 0.15) is 11.1 Å². The standard InChI is InChI=1S/C22H22FN3O5S2/c1-15-7-9-17(10-8-15)33(30,31)25(2)14-20(27)24-11-12-26-21(28)19(32-22(26)29)13-16-5-3-4-6-18(16)23/h3-10,13H,11-12,14H2,1-2H3,(H,24,27)/b19-13-. The molecule has 1 aliphatic rings. The number of hydrogen-bond donors (Lipinski definition) is 1. The number of carbonyl (C=O) groups is 3. The van der Waals surface area contributed by atoms with Crippen molar-refractivity contribution in [1.29, 1.82) is 0 Å². The Bertz CT molecular complexity index is 1210. The number of benzene rings is 2. The van der Waals surface area contributed by atoms with Crippen LogP contribution in [0.3, 0.4) is 0 Å². The van der Waals surface area contributed by atoms with Crippen LogP contribution in [-0.2, 0) is 19.6 Å². The number of nitrogens with one attached hydrogen (secondary N) is 1. The van der Waals surface area contributed by atoms with Crippen molar-refractivity contribution in [2.24, 2.45) is 0 Å². The second-order valence-corrected chi connectivity index (χ2v) is 10.3. The smallest absolute Gasteiger partial charge is 0.293 e. The average Bonchev–Trinajstić information content (AvgIpc) is 3.03. The maximum absolute atomic E-state index is 13.8. The Balaban J connectivity index is 1.54. The van der Waals surface area contributed by atoms with Crippen LogP contribution in [0, 0.1) is 12.7 Å². The number of amides is 3. The summed E-state index contributed by atoms with van der Waals surface area (Å²) in [4.78, 5) is 38.0. The molecule has 0 unspecified atom stereocenters. The number of likely N-dealkylation sites (N-methyl/N-ethyl adjacent to an activating group) is 1. The number of halogens is 1. The van der Waals surface area contributed by atoms with E-state index in [1.54, 1.807) is 18.2 Å². The van der Waals surface area contributed by atoms with Gasteiger partial charge >= 0.3 is 0 Å². The van der Waals surface area contributed by atoms with Gasteiger partial charge in [-0.3, -0.25) is 19.3 Å². The minimum absolute atomic E-state index is 0.0533. The van der Waals surface area contributed by atoms with E-state index >= 15 is 0 Å². The first-order valence-electron chi connectivity index (χ1n) is 9.89. The van der Waals surface area contributed by atoms with Crippen molar-refractivity contribution in [1.82, 2.24) is 14.5 Å². The molecule has 3 amide bonds. The molecule has 174 valence electrons. The predicted octanol–water partition coefficient (Wildman–Crippen LogP) is 2.61. The minimum atomic E-state index is -3.84. The van der Waals surface area contributed by atoms with Gasteiger partial charge in [-0.2, -0.15) is 4.31 Å². The summed E-state index contributed by atoms with van der Waals surface area (Å²) in [6.45, 7) is 1.26. The molecule has 0 aliphatic carbocycles. The molecule has 0 radical (unpaired) electrons. The molecule has 2 aromatic rings. The maximum atomic E-state index is 13.8. The first-order chi connectivity index (χ1) is 15.6. The van der Waals surface area contributed by atoms with Gasteiger partial charge in [-0.15, -0.1) is 0 Å². The number of thioether (sulfide) groups is 1. The number of aryl methyl sites for hydroxylation is 1. The molecule has 1 aliphatic heterocycles. The van der Waals surface area contributed by atoms with E-state index in [0.29, 0.717) is 11.8 Å². The van der Waals surface area contributed by atoms with Crippen molar-refractivity contribution in [3.05, 3.63) is 70.4 Å². The summed E-state index contributed by atoms with van der Waals surface area (Å²) in [5.74, 6) is -1.68. The van der Waals surface area contributed by atoms with Gasteiger partial charge in [0, 0.05) is 25.7 Å². The second-order valence-electron chi connectivity index (χ2n) is 7.28. The predicted molar refractivity (Wildman–Crippen MR) is 123 cm³/mol. The first kappa shape index (κ1) is 24.6. The van der Waals surface area contributed by atoms with Crippen molar-refractivity contribution in [3.63, 3.8) is 0 Å². The molecule has 8 nitrogen and oxygen atoms in total. The molecule has 0 bridgehead atoms. The zero-order valence-electron chi connectivity index (χ0n) is 17.9. The van der Waals surface area contributed by atoms with Gasteiger partial charge in [0.25, 0.3) is 11.1 Å². The molecule has 0 atom stereocenters. The van der Waals surface area contributed by atoms with E-state index < -0.39 is 39.4 Å². The van der Waals surface area contributed by atoms with Crippen molar-refractivity contribution < 1.29 is 27.2 Å². The first-order valence-corrected chi connectivity index (χ1v) is 12.1. The Morgan fingerprint density at radius 1 is 1.15 bits per heavy atom. The van der Waals surface area contributed by atoms with Gasteiger partial charge in [-0.05, 0) is 43.0 Å². The molecule has 1 N–H and O–H groups in total. The highest BCUT2D eigenvalue weighted by atomic mass is 32.2. The molecule has 11 heteroatoms. The zero-order chi connectivity index (χ0) is 24.2. The molecule has 2 aromatic carbocycles. The van der Waals surface area contributed by atoms with Crippen molar-refractivity contribution in [3.8, 4) is 0 Å². The quantitative estimate of drug-likeness (QED) is 0.570. The molecule has 1 fully saturated rings. The summed E-state index contributed by atoms with van der Waals surface area (Å²) >= 11 is 0.688. The summed E-state index contributed by atoms with van der Waals surface area (Å²) in [5.41, 5.74) is 1.10. The number of hydrogen-bond acceptors (Lipinski definition) is 6. The Labute approximate surface area is 195 Å². The lowest BCUT2D eigenvalue weighted by molar-refractivity contribution is -0.124. The zero-order valence-corrected chi connectivity index (χ0v) is 19.6. The van der Waals surface area contributed by atoms with Crippen LogP contribution < -0.4 is 5.32 Å². The van der Waals surface area contributed by atoms with Crippen molar-refractivity contribution in [2.75, 3.05) is 26.7 Å². The van der Waals surface area contributed by atoms with Gasteiger partial charge in [0.1, 0.15) is 5.82 Å². The van der Waals surface area contributed by atoms with Gasteiger partial charge in [0.05, 0.1) is 16.3 Å². The topological polar surface area (TPSA) is 104 Å². The Morgan fingerprint density at radius 3 is 2.48 bits per heavy atom. The van der Waals surface area contributed by atoms with E-state index in [-0.39, 0.29) is 28.5 Å². The van der Waals surface area contributed by atoms with Gasteiger partial charge in [-0.1, -0.05) is 35.9 Å². The molecule has 3 rings (SSSR count). The Kier molecular flexibility index (Phi) is 7.67. The lowest BCUT2D eigenvalue weighted by atomic mass is 10.2. The summed E-state index contributed by atoms with van der Waals surface area (Å²) in [6, 6.07) is 12.1. The Hall–Kier alpha value is -3.02. The molecule has 1 heterocycles. The number of rotatable bonds is 8. The SMILES string of the molecule is Cc1ccc(S(=O)(=O)N(C)CC(=O)NCCN2C(=O)S/C(=C\c3ccccc3F)C2=O)cc1. The highest BCUT2D eigenvalue weighted by molar-refractivity contribution is 8.18. The highest BCUT2D eigenvalue weighted by Gasteiger charge is 2.35. The van der Waals surface area contributed by atoms with E-state index in [1.807, 2.05) is 6.92 Å². The van der Waals surface area contributed by atoms with Crippen LogP contribution in [0.2, 0.25) is 0 Å². The van der Waals surface area contributed by atoms with Crippen LogP contribution in [0.25, 0.3) is 6.08 Å². The van der Waals surface area contributed by atoms with Gasteiger partial charge in [-0.25, -0.2) is 12.8 Å². The molecular weight excluding hydrogens is 469 g/mol. The third-order valence-corrected chi connectivity index (χ3v) is 7.54. The third kappa shape index (κ3) is 5.86. The second kappa shape index (κ2) is 10.3. The van der Waals surface area contributed by atoms with Crippen LogP contribution in [0.4, 0.5) is 9.18 Å². The van der Waals surface area contributed by atoms with E-state index in [1.165, 1.54) is 43.5 Å². The van der Waals surface area contributed by atoms with E-state index in [4.69, 9.17) is 0 Å². The fourth-order valence-corrected chi connectivity index (χ4v) is 4.95. The molecule has 33 heavy (non-hydrogen) atoms. The van der Waals surface area contributed by atoms with Crippen LogP contribution in [-0.4, -0.2) is 61.4 Å². The third-order valence-electron chi connectivity index (χ3n) is 4.82. The van der Waals surface area contributed by atoms with E-state index in [0.717, 1.165) is 14.8 Å². The van der Waals surface area contributed by atoms with E-state index in [9.17, 15) is 27.2 Å². The fourth-order valence-electron chi connectivity index (χ4n) is 2.97. The summed E-state index contributed by atoms with van der Waals surface area (Å²) in [7, 11) is -2.55.